The summed E-state index contributed by atoms with van der Waals surface area (Å²) in [7, 11) is 0. The van der Waals surface area contributed by atoms with Crippen LogP contribution in [0, 0.1) is 0 Å². The standard InChI is InChI=1S/C59H38N2O/c1-4-17-41(18-5-1)58-60-53(46-24-11-10-23-45(46)40-33-31-39(32-34-40)42-35-36-56-50(37-42)47-25-13-15-30-55(47)62-56)38-54(61-58)49-27-16-29-52-57(49)48-26-12-14-28-51(48)59(52,43-19-6-2-7-20-43)44-21-8-3-9-22-44/h1-38H. The number of rotatable bonds is 7. The van der Waals surface area contributed by atoms with E-state index in [1.54, 1.807) is 0 Å². The van der Waals surface area contributed by atoms with Gasteiger partial charge in [-0.25, -0.2) is 9.97 Å². The molecule has 1 aliphatic carbocycles. The van der Waals surface area contributed by atoms with Crippen LogP contribution in [0.4, 0.5) is 0 Å². The van der Waals surface area contributed by atoms with Gasteiger partial charge in [0.15, 0.2) is 5.82 Å². The lowest BCUT2D eigenvalue weighted by Crippen LogP contribution is -2.28. The van der Waals surface area contributed by atoms with E-state index >= 15 is 0 Å². The third-order valence-corrected chi connectivity index (χ3v) is 12.6. The maximum atomic E-state index is 6.12. The topological polar surface area (TPSA) is 38.9 Å². The normalized spacial score (nSPS) is 12.6. The second-order valence-electron chi connectivity index (χ2n) is 16.0. The first-order chi connectivity index (χ1) is 30.7. The molecule has 2 heterocycles. The molecule has 0 N–H and O–H groups in total. The largest absolute Gasteiger partial charge is 0.456 e. The van der Waals surface area contributed by atoms with Gasteiger partial charge in [-0.3, -0.25) is 0 Å². The number of nitrogens with zero attached hydrogens (tertiary/aromatic N) is 2. The second-order valence-corrected chi connectivity index (χ2v) is 16.0. The van der Waals surface area contributed by atoms with Crippen molar-refractivity contribution >= 4 is 21.9 Å². The van der Waals surface area contributed by atoms with Crippen LogP contribution in [0.15, 0.2) is 235 Å². The van der Waals surface area contributed by atoms with E-state index in [9.17, 15) is 0 Å². The van der Waals surface area contributed by atoms with Crippen LogP contribution in [0.2, 0.25) is 0 Å². The van der Waals surface area contributed by atoms with Crippen LogP contribution in [-0.4, -0.2) is 9.97 Å². The van der Waals surface area contributed by atoms with Gasteiger partial charge in [0.2, 0.25) is 0 Å². The Kier molecular flexibility index (Phi) is 8.39. The molecule has 0 amide bonds. The molecule has 0 saturated heterocycles. The van der Waals surface area contributed by atoms with Crippen molar-refractivity contribution < 1.29 is 4.42 Å². The SMILES string of the molecule is c1ccc(-c2nc(-c3ccccc3-c3ccc(-c4ccc5oc6ccccc6c5c4)cc3)cc(-c3cccc4c3-c3ccccc3C4(c3ccccc3)c3ccccc3)n2)cc1. The number of aromatic nitrogens is 2. The lowest BCUT2D eigenvalue weighted by atomic mass is 9.67. The lowest BCUT2D eigenvalue weighted by molar-refractivity contribution is 0.669. The number of para-hydroxylation sites is 1. The molecule has 62 heavy (non-hydrogen) atoms. The number of hydrogen-bond acceptors (Lipinski definition) is 3. The highest BCUT2D eigenvalue weighted by atomic mass is 16.3. The van der Waals surface area contributed by atoms with Gasteiger partial charge in [0.05, 0.1) is 16.8 Å². The van der Waals surface area contributed by atoms with Crippen LogP contribution in [-0.2, 0) is 5.41 Å². The fraction of sp³-hybridized carbons (Fsp3) is 0.0169. The molecule has 2 aromatic heterocycles. The van der Waals surface area contributed by atoms with Gasteiger partial charge < -0.3 is 4.42 Å². The summed E-state index contributed by atoms with van der Waals surface area (Å²) >= 11 is 0. The summed E-state index contributed by atoms with van der Waals surface area (Å²) in [5, 5.41) is 2.25. The fourth-order valence-electron chi connectivity index (χ4n) is 9.85. The molecule has 11 aromatic rings. The first-order valence-electron chi connectivity index (χ1n) is 21.1. The van der Waals surface area contributed by atoms with Gasteiger partial charge in [-0.2, -0.15) is 0 Å². The molecule has 0 unspecified atom stereocenters. The average Bonchev–Trinajstić information content (AvgIpc) is 3.88. The molecule has 1 aliphatic rings. The summed E-state index contributed by atoms with van der Waals surface area (Å²) in [4.78, 5) is 10.8. The summed E-state index contributed by atoms with van der Waals surface area (Å²) in [6.45, 7) is 0. The molecule has 0 saturated carbocycles. The lowest BCUT2D eigenvalue weighted by Gasteiger charge is -2.33. The van der Waals surface area contributed by atoms with E-state index in [2.05, 4.69) is 212 Å². The van der Waals surface area contributed by atoms with E-state index in [1.165, 1.54) is 33.4 Å². The molecule has 0 bridgehead atoms. The smallest absolute Gasteiger partial charge is 0.160 e. The van der Waals surface area contributed by atoms with Gasteiger partial charge in [-0.15, -0.1) is 0 Å². The maximum Gasteiger partial charge on any atom is 0.160 e. The minimum Gasteiger partial charge on any atom is -0.456 e. The van der Waals surface area contributed by atoms with Crippen LogP contribution < -0.4 is 0 Å². The zero-order valence-corrected chi connectivity index (χ0v) is 33.7. The van der Waals surface area contributed by atoms with E-state index in [1.807, 2.05) is 18.2 Å². The van der Waals surface area contributed by atoms with Crippen LogP contribution in [0.3, 0.4) is 0 Å². The van der Waals surface area contributed by atoms with E-state index in [-0.39, 0.29) is 0 Å². The third-order valence-electron chi connectivity index (χ3n) is 12.6. The summed E-state index contributed by atoms with van der Waals surface area (Å²) < 4.78 is 6.12. The molecule has 0 fully saturated rings. The summed E-state index contributed by atoms with van der Waals surface area (Å²) in [6, 6.07) is 82.2. The Labute approximate surface area is 360 Å². The van der Waals surface area contributed by atoms with Gasteiger partial charge in [0.25, 0.3) is 0 Å². The Morgan fingerprint density at radius 3 is 1.60 bits per heavy atom. The van der Waals surface area contributed by atoms with Gasteiger partial charge in [0.1, 0.15) is 11.2 Å². The second kappa shape index (κ2) is 14.5. The predicted molar refractivity (Wildman–Crippen MR) is 254 cm³/mol. The highest BCUT2D eigenvalue weighted by molar-refractivity contribution is 6.06. The Hall–Kier alpha value is -8.14. The molecule has 0 aliphatic heterocycles. The monoisotopic (exact) mass is 790 g/mol. The van der Waals surface area contributed by atoms with Crippen LogP contribution in [0.25, 0.3) is 89.2 Å². The van der Waals surface area contributed by atoms with Crippen molar-refractivity contribution in [2.24, 2.45) is 0 Å². The highest BCUT2D eigenvalue weighted by Crippen LogP contribution is 2.58. The Bertz CT molecular complexity index is 3400. The molecule has 0 radical (unpaired) electrons. The molecule has 12 rings (SSSR count). The number of fused-ring (bicyclic) bond motifs is 6. The van der Waals surface area contributed by atoms with Crippen molar-refractivity contribution in [2.75, 3.05) is 0 Å². The van der Waals surface area contributed by atoms with Crippen molar-refractivity contribution in [3.05, 3.63) is 253 Å². The predicted octanol–water partition coefficient (Wildman–Crippen LogP) is 15.1. The van der Waals surface area contributed by atoms with Crippen molar-refractivity contribution in [2.45, 2.75) is 5.41 Å². The zero-order chi connectivity index (χ0) is 41.0. The third kappa shape index (κ3) is 5.67. The quantitative estimate of drug-likeness (QED) is 0.161. The summed E-state index contributed by atoms with van der Waals surface area (Å²) in [6.07, 6.45) is 0. The summed E-state index contributed by atoms with van der Waals surface area (Å²) in [5.74, 6) is 0.687. The first-order valence-corrected chi connectivity index (χ1v) is 21.1. The van der Waals surface area contributed by atoms with E-state index in [4.69, 9.17) is 14.4 Å². The Morgan fingerprint density at radius 1 is 0.323 bits per heavy atom. The van der Waals surface area contributed by atoms with E-state index in [0.717, 1.165) is 72.3 Å². The molecule has 9 aromatic carbocycles. The van der Waals surface area contributed by atoms with Crippen molar-refractivity contribution in [1.29, 1.82) is 0 Å². The van der Waals surface area contributed by atoms with Gasteiger partial charge in [-0.1, -0.05) is 206 Å². The number of benzene rings is 9. The minimum atomic E-state index is -0.514. The molecular weight excluding hydrogens is 753 g/mol. The van der Waals surface area contributed by atoms with Crippen LogP contribution >= 0.6 is 0 Å². The zero-order valence-electron chi connectivity index (χ0n) is 33.7. The van der Waals surface area contributed by atoms with Gasteiger partial charge in [-0.05, 0) is 79.9 Å². The van der Waals surface area contributed by atoms with E-state index in [0.29, 0.717) is 5.82 Å². The Morgan fingerprint density at radius 2 is 0.855 bits per heavy atom. The molecule has 3 nitrogen and oxygen atoms in total. The minimum absolute atomic E-state index is 0.514. The van der Waals surface area contributed by atoms with Crippen molar-refractivity contribution in [3.63, 3.8) is 0 Å². The molecule has 0 atom stereocenters. The maximum absolute atomic E-state index is 6.12. The molecule has 290 valence electrons. The van der Waals surface area contributed by atoms with E-state index < -0.39 is 5.41 Å². The van der Waals surface area contributed by atoms with Gasteiger partial charge >= 0.3 is 0 Å². The summed E-state index contributed by atoms with van der Waals surface area (Å²) in [5.41, 5.74) is 18.0. The van der Waals surface area contributed by atoms with Crippen LogP contribution in [0.1, 0.15) is 22.3 Å². The van der Waals surface area contributed by atoms with Gasteiger partial charge in [0, 0.05) is 27.5 Å². The number of furan rings is 1. The molecule has 0 spiro atoms. The molecule has 3 heteroatoms. The van der Waals surface area contributed by atoms with Crippen LogP contribution in [0.5, 0.6) is 0 Å². The fourth-order valence-corrected chi connectivity index (χ4v) is 9.85. The van der Waals surface area contributed by atoms with Crippen molar-refractivity contribution in [1.82, 2.24) is 9.97 Å². The number of hydrogen-bond donors (Lipinski definition) is 0. The average molecular weight is 791 g/mol. The highest BCUT2D eigenvalue weighted by Gasteiger charge is 2.46. The molecular formula is C59H38N2O. The first kappa shape index (κ1) is 35.8. The van der Waals surface area contributed by atoms with Crippen molar-refractivity contribution in [3.8, 4) is 67.3 Å². The Balaban J connectivity index is 1.02.